The summed E-state index contributed by atoms with van der Waals surface area (Å²) < 4.78 is 0. The Morgan fingerprint density at radius 3 is 2.52 bits per heavy atom. The molecule has 0 unspecified atom stereocenters. The molecule has 0 bridgehead atoms. The summed E-state index contributed by atoms with van der Waals surface area (Å²) in [6.45, 7) is 2.15. The highest BCUT2D eigenvalue weighted by atomic mass is 16.2. The van der Waals surface area contributed by atoms with Gasteiger partial charge in [0.2, 0.25) is 11.8 Å². The number of aromatic nitrogens is 1. The van der Waals surface area contributed by atoms with Gasteiger partial charge >= 0.3 is 0 Å². The lowest BCUT2D eigenvalue weighted by atomic mass is 10.1. The molecule has 0 spiro atoms. The van der Waals surface area contributed by atoms with E-state index in [0.717, 1.165) is 11.1 Å². The van der Waals surface area contributed by atoms with Crippen LogP contribution in [0.1, 0.15) is 18.9 Å². The van der Waals surface area contributed by atoms with Gasteiger partial charge in [-0.05, 0) is 30.2 Å². The van der Waals surface area contributed by atoms with Gasteiger partial charge in [-0.3, -0.25) is 9.59 Å². The maximum absolute atomic E-state index is 11.8. The molecule has 2 rings (SSSR count). The standard InChI is InChI=1S/C18H19N3O2/c1-14(15-7-3-2-4-8-15)13-18(23)20-12-10-17(22)21-16-9-5-6-11-19-16/h2-9,11,13H,10,12H2,1H3,(H,20,23)(H,19,21,22)/b14-13+. The highest BCUT2D eigenvalue weighted by molar-refractivity contribution is 5.95. The Morgan fingerprint density at radius 1 is 1.09 bits per heavy atom. The van der Waals surface area contributed by atoms with E-state index in [-0.39, 0.29) is 24.8 Å². The minimum absolute atomic E-state index is 0.187. The molecule has 0 aliphatic rings. The molecule has 1 aromatic heterocycles. The van der Waals surface area contributed by atoms with Crippen LogP contribution in [0.2, 0.25) is 0 Å². The van der Waals surface area contributed by atoms with Crippen molar-refractivity contribution in [3.63, 3.8) is 0 Å². The lowest BCUT2D eigenvalue weighted by Gasteiger charge is -2.05. The highest BCUT2D eigenvalue weighted by Gasteiger charge is 2.04. The number of anilines is 1. The SMILES string of the molecule is C/C(=C\C(=O)NCCC(=O)Nc1ccccn1)c1ccccc1. The van der Waals surface area contributed by atoms with Gasteiger partial charge < -0.3 is 10.6 Å². The van der Waals surface area contributed by atoms with Gasteiger partial charge in [-0.1, -0.05) is 36.4 Å². The molecule has 23 heavy (non-hydrogen) atoms. The predicted octanol–water partition coefficient (Wildman–Crippen LogP) is 2.63. The third kappa shape index (κ3) is 5.74. The quantitative estimate of drug-likeness (QED) is 0.806. The van der Waals surface area contributed by atoms with Gasteiger partial charge in [0.05, 0.1) is 0 Å². The molecule has 0 aliphatic heterocycles. The molecule has 118 valence electrons. The normalized spacial score (nSPS) is 10.9. The van der Waals surface area contributed by atoms with Crippen LogP contribution in [-0.2, 0) is 9.59 Å². The van der Waals surface area contributed by atoms with Crippen LogP contribution in [0.25, 0.3) is 5.57 Å². The summed E-state index contributed by atoms with van der Waals surface area (Å²) in [5.74, 6) is 0.105. The Balaban J connectivity index is 1.75. The summed E-state index contributed by atoms with van der Waals surface area (Å²) in [6.07, 6.45) is 3.33. The molecular weight excluding hydrogens is 290 g/mol. The Hall–Kier alpha value is -2.95. The largest absolute Gasteiger partial charge is 0.352 e. The van der Waals surface area contributed by atoms with Crippen LogP contribution in [-0.4, -0.2) is 23.3 Å². The van der Waals surface area contributed by atoms with Crippen LogP contribution in [0.5, 0.6) is 0 Å². The van der Waals surface area contributed by atoms with E-state index in [1.165, 1.54) is 6.08 Å². The number of benzene rings is 1. The first-order valence-electron chi connectivity index (χ1n) is 7.37. The van der Waals surface area contributed by atoms with Crippen molar-refractivity contribution in [1.82, 2.24) is 10.3 Å². The molecule has 2 aromatic rings. The van der Waals surface area contributed by atoms with Crippen molar-refractivity contribution in [1.29, 1.82) is 0 Å². The summed E-state index contributed by atoms with van der Waals surface area (Å²) in [6, 6.07) is 14.9. The second-order valence-corrected chi connectivity index (χ2v) is 5.00. The molecule has 2 amide bonds. The van der Waals surface area contributed by atoms with E-state index in [9.17, 15) is 9.59 Å². The third-order valence-electron chi connectivity index (χ3n) is 3.16. The van der Waals surface area contributed by atoms with Gasteiger partial charge in [0.1, 0.15) is 5.82 Å². The van der Waals surface area contributed by atoms with Crippen LogP contribution in [0, 0.1) is 0 Å². The van der Waals surface area contributed by atoms with Crippen molar-refractivity contribution in [3.8, 4) is 0 Å². The molecule has 1 heterocycles. The number of carbonyl (C=O) groups excluding carboxylic acids is 2. The fourth-order valence-corrected chi connectivity index (χ4v) is 1.97. The molecule has 0 saturated carbocycles. The summed E-state index contributed by atoms with van der Waals surface area (Å²) in [7, 11) is 0. The van der Waals surface area contributed by atoms with Crippen LogP contribution in [0.4, 0.5) is 5.82 Å². The molecular formula is C18H19N3O2. The van der Waals surface area contributed by atoms with E-state index in [4.69, 9.17) is 0 Å². The zero-order valence-corrected chi connectivity index (χ0v) is 13.0. The molecule has 0 fully saturated rings. The van der Waals surface area contributed by atoms with Gasteiger partial charge in [-0.2, -0.15) is 0 Å². The van der Waals surface area contributed by atoms with Crippen molar-refractivity contribution >= 4 is 23.2 Å². The van der Waals surface area contributed by atoms with Gasteiger partial charge in [-0.15, -0.1) is 0 Å². The highest BCUT2D eigenvalue weighted by Crippen LogP contribution is 2.12. The maximum Gasteiger partial charge on any atom is 0.244 e. The van der Waals surface area contributed by atoms with Crippen LogP contribution >= 0.6 is 0 Å². The van der Waals surface area contributed by atoms with Crippen LogP contribution < -0.4 is 10.6 Å². The third-order valence-corrected chi connectivity index (χ3v) is 3.16. The maximum atomic E-state index is 11.8. The first-order chi connectivity index (χ1) is 11.1. The van der Waals surface area contributed by atoms with Gasteiger partial charge in [0.25, 0.3) is 0 Å². The number of nitrogens with zero attached hydrogens (tertiary/aromatic N) is 1. The number of pyridine rings is 1. The fraction of sp³-hybridized carbons (Fsp3) is 0.167. The number of rotatable bonds is 6. The summed E-state index contributed by atoms with van der Waals surface area (Å²) >= 11 is 0. The van der Waals surface area contributed by atoms with Crippen molar-refractivity contribution in [2.45, 2.75) is 13.3 Å². The Bertz CT molecular complexity index is 682. The van der Waals surface area contributed by atoms with Crippen LogP contribution in [0.15, 0.2) is 60.8 Å². The van der Waals surface area contributed by atoms with Crippen molar-refractivity contribution < 1.29 is 9.59 Å². The molecule has 0 atom stereocenters. The smallest absolute Gasteiger partial charge is 0.244 e. The van der Waals surface area contributed by atoms with Gasteiger partial charge in [0.15, 0.2) is 0 Å². The van der Waals surface area contributed by atoms with Crippen molar-refractivity contribution in [2.24, 2.45) is 0 Å². The molecule has 2 N–H and O–H groups in total. The van der Waals surface area contributed by atoms with E-state index in [1.54, 1.807) is 24.4 Å². The Morgan fingerprint density at radius 2 is 1.83 bits per heavy atom. The second-order valence-electron chi connectivity index (χ2n) is 5.00. The van der Waals surface area contributed by atoms with E-state index in [2.05, 4.69) is 15.6 Å². The molecule has 5 nitrogen and oxygen atoms in total. The van der Waals surface area contributed by atoms with E-state index in [1.807, 2.05) is 37.3 Å². The first kappa shape index (κ1) is 16.4. The predicted molar refractivity (Wildman–Crippen MR) is 90.6 cm³/mol. The zero-order chi connectivity index (χ0) is 16.5. The lowest BCUT2D eigenvalue weighted by molar-refractivity contribution is -0.117. The molecule has 0 aliphatic carbocycles. The van der Waals surface area contributed by atoms with Crippen molar-refractivity contribution in [3.05, 3.63) is 66.4 Å². The number of carbonyl (C=O) groups is 2. The first-order valence-corrected chi connectivity index (χ1v) is 7.37. The minimum Gasteiger partial charge on any atom is -0.352 e. The second kappa shape index (κ2) is 8.48. The Labute approximate surface area is 135 Å². The topological polar surface area (TPSA) is 71.1 Å². The number of hydrogen-bond donors (Lipinski definition) is 2. The van der Waals surface area contributed by atoms with Gasteiger partial charge in [-0.25, -0.2) is 4.98 Å². The van der Waals surface area contributed by atoms with E-state index >= 15 is 0 Å². The summed E-state index contributed by atoms with van der Waals surface area (Å²) in [5.41, 5.74) is 1.87. The molecule has 0 radical (unpaired) electrons. The van der Waals surface area contributed by atoms with Crippen LogP contribution in [0.3, 0.4) is 0 Å². The number of hydrogen-bond acceptors (Lipinski definition) is 3. The average molecular weight is 309 g/mol. The summed E-state index contributed by atoms with van der Waals surface area (Å²) in [4.78, 5) is 27.6. The fourth-order valence-electron chi connectivity index (χ4n) is 1.97. The molecule has 1 aromatic carbocycles. The lowest BCUT2D eigenvalue weighted by Crippen LogP contribution is -2.26. The van der Waals surface area contributed by atoms with Crippen molar-refractivity contribution in [2.75, 3.05) is 11.9 Å². The molecule has 5 heteroatoms. The van der Waals surface area contributed by atoms with Gasteiger partial charge in [0, 0.05) is 25.2 Å². The van der Waals surface area contributed by atoms with E-state index in [0.29, 0.717) is 5.82 Å². The molecule has 0 saturated heterocycles. The van der Waals surface area contributed by atoms with E-state index < -0.39 is 0 Å². The summed E-state index contributed by atoms with van der Waals surface area (Å²) in [5, 5.41) is 5.37. The average Bonchev–Trinajstić information content (AvgIpc) is 2.56. The monoisotopic (exact) mass is 309 g/mol. The minimum atomic E-state index is -0.211. The number of allylic oxidation sites excluding steroid dienone is 1. The number of amides is 2. The Kier molecular flexibility index (Phi) is 6.06. The number of nitrogens with one attached hydrogen (secondary N) is 2. The zero-order valence-electron chi connectivity index (χ0n) is 13.0.